The lowest BCUT2D eigenvalue weighted by atomic mass is 9.62. The van der Waals surface area contributed by atoms with Crippen LogP contribution >= 0.6 is 23.2 Å². The number of alkyl halides is 1. The van der Waals surface area contributed by atoms with Gasteiger partial charge in [-0.2, -0.15) is 0 Å². The maximum Gasteiger partial charge on any atom is 0.165 e. The summed E-state index contributed by atoms with van der Waals surface area (Å²) in [5.41, 5.74) is 1.34. The smallest absolute Gasteiger partial charge is 0.165 e. The molecule has 3 nitrogen and oxygen atoms in total. The predicted molar refractivity (Wildman–Crippen MR) is 97.8 cm³/mol. The average molecular weight is 376 g/mol. The average Bonchev–Trinajstić information content (AvgIpc) is 2.95. The molecular formula is C19H16Cl2FN3. The number of hydrogen-bond acceptors (Lipinski definition) is 2. The molecule has 3 aromatic rings. The highest BCUT2D eigenvalue weighted by atomic mass is 35.5. The fourth-order valence-corrected chi connectivity index (χ4v) is 3.98. The van der Waals surface area contributed by atoms with Crippen LogP contribution in [0, 0.1) is 0 Å². The summed E-state index contributed by atoms with van der Waals surface area (Å²) >= 11 is 12.3. The van der Waals surface area contributed by atoms with Crippen LogP contribution in [0.5, 0.6) is 0 Å². The Hall–Kier alpha value is -1.91. The number of halogens is 3. The van der Waals surface area contributed by atoms with Crippen molar-refractivity contribution in [2.45, 2.75) is 24.4 Å². The Kier molecular flexibility index (Phi) is 4.05. The van der Waals surface area contributed by atoms with Gasteiger partial charge in [-0.1, -0.05) is 47.5 Å². The third kappa shape index (κ3) is 2.64. The Balaban J connectivity index is 1.83. The van der Waals surface area contributed by atoms with Crippen molar-refractivity contribution in [3.05, 3.63) is 70.0 Å². The largest absolute Gasteiger partial charge is 0.313 e. The van der Waals surface area contributed by atoms with Crippen LogP contribution < -0.4 is 0 Å². The molecule has 128 valence electrons. The fourth-order valence-electron chi connectivity index (χ4n) is 3.64. The predicted octanol–water partition coefficient (Wildman–Crippen LogP) is 5.21. The Labute approximate surface area is 155 Å². The van der Waals surface area contributed by atoms with Gasteiger partial charge in [-0.15, -0.1) is 10.2 Å². The van der Waals surface area contributed by atoms with Crippen LogP contribution in [0.2, 0.25) is 10.0 Å². The summed E-state index contributed by atoms with van der Waals surface area (Å²) in [6.45, 7) is 0. The molecule has 1 aromatic heterocycles. The van der Waals surface area contributed by atoms with Gasteiger partial charge in [0, 0.05) is 17.6 Å². The van der Waals surface area contributed by atoms with E-state index in [4.69, 9.17) is 23.2 Å². The van der Waals surface area contributed by atoms with Gasteiger partial charge >= 0.3 is 0 Å². The number of benzene rings is 2. The minimum absolute atomic E-state index is 0.392. The molecule has 0 saturated heterocycles. The minimum Gasteiger partial charge on any atom is -0.313 e. The van der Waals surface area contributed by atoms with E-state index < -0.39 is 11.6 Å². The van der Waals surface area contributed by atoms with Crippen molar-refractivity contribution in [3.8, 4) is 11.4 Å². The van der Waals surface area contributed by atoms with Gasteiger partial charge in [0.2, 0.25) is 0 Å². The molecule has 1 fully saturated rings. The monoisotopic (exact) mass is 375 g/mol. The summed E-state index contributed by atoms with van der Waals surface area (Å²) in [6.07, 6.45) is -0.0529. The van der Waals surface area contributed by atoms with E-state index in [0.29, 0.717) is 28.7 Å². The van der Waals surface area contributed by atoms with Crippen molar-refractivity contribution in [1.82, 2.24) is 14.8 Å². The van der Waals surface area contributed by atoms with Crippen LogP contribution in [0.3, 0.4) is 0 Å². The summed E-state index contributed by atoms with van der Waals surface area (Å²) in [4.78, 5) is 0. The maximum absolute atomic E-state index is 13.9. The summed E-state index contributed by atoms with van der Waals surface area (Å²) in [5.74, 6) is 1.43. The van der Waals surface area contributed by atoms with Gasteiger partial charge in [-0.3, -0.25) is 0 Å². The molecular weight excluding hydrogens is 360 g/mol. The molecule has 0 N–H and O–H groups in total. The minimum atomic E-state index is -0.837. The Bertz CT molecular complexity index is 915. The molecule has 0 unspecified atom stereocenters. The van der Waals surface area contributed by atoms with Crippen molar-refractivity contribution in [3.63, 3.8) is 0 Å². The van der Waals surface area contributed by atoms with Crippen LogP contribution in [-0.2, 0) is 12.5 Å². The molecule has 2 aromatic carbocycles. The van der Waals surface area contributed by atoms with E-state index in [1.165, 1.54) is 0 Å². The second kappa shape index (κ2) is 6.11. The first kappa shape index (κ1) is 16.6. The van der Waals surface area contributed by atoms with Gasteiger partial charge in [0.25, 0.3) is 0 Å². The summed E-state index contributed by atoms with van der Waals surface area (Å²) in [6, 6.07) is 15.1. The van der Waals surface area contributed by atoms with Crippen molar-refractivity contribution in [2.24, 2.45) is 7.05 Å². The van der Waals surface area contributed by atoms with Crippen LogP contribution in [0.25, 0.3) is 11.4 Å². The standard InChI is InChI=1S/C19H16Cl2FN3/c1-25-17(15-4-2-3-5-16(15)21)23-24-18(25)19(10-14(22)11-19)12-6-8-13(20)9-7-12/h2-9,14H,10-11H2,1H3/t14-,19-. The van der Waals surface area contributed by atoms with E-state index in [1.807, 2.05) is 60.1 Å². The lowest BCUT2D eigenvalue weighted by Crippen LogP contribution is -2.45. The van der Waals surface area contributed by atoms with Crippen LogP contribution in [-0.4, -0.2) is 20.9 Å². The Morgan fingerprint density at radius 1 is 1.04 bits per heavy atom. The number of aromatic nitrogens is 3. The second-order valence-electron chi connectivity index (χ2n) is 6.48. The normalized spacial score (nSPS) is 22.6. The first-order valence-corrected chi connectivity index (χ1v) is 8.82. The Morgan fingerprint density at radius 3 is 2.36 bits per heavy atom. The summed E-state index contributed by atoms with van der Waals surface area (Å²) < 4.78 is 15.8. The molecule has 1 aliphatic carbocycles. The third-order valence-electron chi connectivity index (χ3n) is 4.95. The highest BCUT2D eigenvalue weighted by Crippen LogP contribution is 2.50. The zero-order valence-corrected chi connectivity index (χ0v) is 15.1. The van der Waals surface area contributed by atoms with Crippen molar-refractivity contribution in [2.75, 3.05) is 0 Å². The Morgan fingerprint density at radius 2 is 1.72 bits per heavy atom. The van der Waals surface area contributed by atoms with Gasteiger partial charge in [0.15, 0.2) is 5.82 Å². The molecule has 0 radical (unpaired) electrons. The van der Waals surface area contributed by atoms with Crippen molar-refractivity contribution >= 4 is 23.2 Å². The third-order valence-corrected chi connectivity index (χ3v) is 5.54. The number of hydrogen-bond donors (Lipinski definition) is 0. The van der Waals surface area contributed by atoms with Gasteiger partial charge in [-0.25, -0.2) is 4.39 Å². The molecule has 1 saturated carbocycles. The van der Waals surface area contributed by atoms with Crippen LogP contribution in [0.15, 0.2) is 48.5 Å². The molecule has 4 rings (SSSR count). The lowest BCUT2D eigenvalue weighted by molar-refractivity contribution is 0.114. The molecule has 0 aliphatic heterocycles. The topological polar surface area (TPSA) is 30.7 Å². The molecule has 6 heteroatoms. The first-order chi connectivity index (χ1) is 12.0. The zero-order valence-electron chi connectivity index (χ0n) is 13.6. The van der Waals surface area contributed by atoms with Gasteiger partial charge in [-0.05, 0) is 42.7 Å². The van der Waals surface area contributed by atoms with E-state index in [2.05, 4.69) is 10.2 Å². The molecule has 25 heavy (non-hydrogen) atoms. The van der Waals surface area contributed by atoms with Gasteiger partial charge in [0.1, 0.15) is 12.0 Å². The highest BCUT2D eigenvalue weighted by Gasteiger charge is 2.50. The molecule has 0 bridgehead atoms. The van der Waals surface area contributed by atoms with Gasteiger partial charge < -0.3 is 4.57 Å². The van der Waals surface area contributed by atoms with Gasteiger partial charge in [0.05, 0.1) is 10.4 Å². The summed E-state index contributed by atoms with van der Waals surface area (Å²) in [7, 11) is 1.90. The quantitative estimate of drug-likeness (QED) is 0.629. The van der Waals surface area contributed by atoms with E-state index in [9.17, 15) is 4.39 Å². The number of rotatable bonds is 3. The molecule has 0 spiro atoms. The SMILES string of the molecule is Cn1c(-c2ccccc2Cl)nnc1[C@]1(c2ccc(Cl)cc2)C[C@@H](F)C1. The zero-order chi connectivity index (χ0) is 17.6. The second-order valence-corrected chi connectivity index (χ2v) is 7.32. The van der Waals surface area contributed by atoms with E-state index in [-0.39, 0.29) is 0 Å². The number of nitrogens with zero attached hydrogens (tertiary/aromatic N) is 3. The maximum atomic E-state index is 13.9. The van der Waals surface area contributed by atoms with Crippen LogP contribution in [0.4, 0.5) is 4.39 Å². The summed E-state index contributed by atoms with van der Waals surface area (Å²) in [5, 5.41) is 10.0. The molecule has 0 amide bonds. The lowest BCUT2D eigenvalue weighted by Gasteiger charge is -2.43. The van der Waals surface area contributed by atoms with E-state index in [1.54, 1.807) is 0 Å². The fraction of sp³-hybridized carbons (Fsp3) is 0.263. The van der Waals surface area contributed by atoms with Crippen molar-refractivity contribution < 1.29 is 4.39 Å². The molecule has 0 atom stereocenters. The molecule has 1 aliphatic rings. The van der Waals surface area contributed by atoms with Crippen molar-refractivity contribution in [1.29, 1.82) is 0 Å². The van der Waals surface area contributed by atoms with E-state index in [0.717, 1.165) is 17.0 Å². The highest BCUT2D eigenvalue weighted by molar-refractivity contribution is 6.33. The van der Waals surface area contributed by atoms with E-state index >= 15 is 0 Å². The molecule has 1 heterocycles. The van der Waals surface area contributed by atoms with Crippen LogP contribution in [0.1, 0.15) is 24.2 Å². The first-order valence-electron chi connectivity index (χ1n) is 8.06.